The lowest BCUT2D eigenvalue weighted by molar-refractivity contribution is 0.0571. The summed E-state index contributed by atoms with van der Waals surface area (Å²) in [5.74, 6) is -0.962. The minimum Gasteiger partial charge on any atom is -0.314 e. The van der Waals surface area contributed by atoms with Crippen molar-refractivity contribution < 1.29 is 8.78 Å². The van der Waals surface area contributed by atoms with E-state index >= 15 is 0 Å². The van der Waals surface area contributed by atoms with Crippen molar-refractivity contribution in [2.24, 2.45) is 0 Å². The average Bonchev–Trinajstić information content (AvgIpc) is 2.80. The van der Waals surface area contributed by atoms with Crippen LogP contribution in [0.2, 0.25) is 0 Å². The number of rotatable bonds is 2. The molecule has 0 amide bonds. The van der Waals surface area contributed by atoms with E-state index in [4.69, 9.17) is 0 Å². The standard InChI is InChI=1S/C15H20F2N2/c16-13-7-12(8-14(17)9-13)10-19-6-5-18-11-15(19)3-1-2-4-15/h7-9,18H,1-6,10-11H2. The number of halogens is 2. The van der Waals surface area contributed by atoms with Gasteiger partial charge in [-0.15, -0.1) is 0 Å². The smallest absolute Gasteiger partial charge is 0.126 e. The molecule has 1 saturated carbocycles. The van der Waals surface area contributed by atoms with Crippen LogP contribution in [-0.2, 0) is 6.54 Å². The number of nitrogens with one attached hydrogen (secondary N) is 1. The third-order valence-electron chi connectivity index (χ3n) is 4.51. The zero-order valence-corrected chi connectivity index (χ0v) is 11.1. The topological polar surface area (TPSA) is 15.3 Å². The summed E-state index contributed by atoms with van der Waals surface area (Å²) < 4.78 is 26.6. The van der Waals surface area contributed by atoms with Crippen molar-refractivity contribution in [3.63, 3.8) is 0 Å². The van der Waals surface area contributed by atoms with Gasteiger partial charge in [0.05, 0.1) is 0 Å². The van der Waals surface area contributed by atoms with Crippen LogP contribution in [0.25, 0.3) is 0 Å². The van der Waals surface area contributed by atoms with Crippen LogP contribution in [0, 0.1) is 11.6 Å². The van der Waals surface area contributed by atoms with Crippen LogP contribution in [0.15, 0.2) is 18.2 Å². The summed E-state index contributed by atoms with van der Waals surface area (Å²) >= 11 is 0. The van der Waals surface area contributed by atoms with Gasteiger partial charge in [0.2, 0.25) is 0 Å². The predicted octanol–water partition coefficient (Wildman–Crippen LogP) is 2.68. The predicted molar refractivity (Wildman–Crippen MR) is 70.8 cm³/mol. The van der Waals surface area contributed by atoms with Gasteiger partial charge < -0.3 is 5.32 Å². The molecular weight excluding hydrogens is 246 g/mol. The largest absolute Gasteiger partial charge is 0.314 e. The Hall–Kier alpha value is -1.00. The molecule has 1 spiro atoms. The molecule has 0 unspecified atom stereocenters. The second kappa shape index (κ2) is 5.17. The lowest BCUT2D eigenvalue weighted by Crippen LogP contribution is -2.59. The Bertz CT molecular complexity index is 435. The van der Waals surface area contributed by atoms with Crippen LogP contribution in [0.1, 0.15) is 31.2 Å². The normalized spacial score (nSPS) is 23.1. The molecule has 1 aliphatic carbocycles. The van der Waals surface area contributed by atoms with Gasteiger partial charge >= 0.3 is 0 Å². The molecule has 3 rings (SSSR count). The number of nitrogens with zero attached hydrogens (tertiary/aromatic N) is 1. The van der Waals surface area contributed by atoms with E-state index in [1.807, 2.05) is 0 Å². The molecule has 0 radical (unpaired) electrons. The van der Waals surface area contributed by atoms with Crippen LogP contribution in [0.3, 0.4) is 0 Å². The fraction of sp³-hybridized carbons (Fsp3) is 0.600. The van der Waals surface area contributed by atoms with Gasteiger partial charge in [0.15, 0.2) is 0 Å². The maximum absolute atomic E-state index is 13.3. The Labute approximate surface area is 112 Å². The molecule has 1 saturated heterocycles. The molecule has 2 fully saturated rings. The van der Waals surface area contributed by atoms with E-state index in [-0.39, 0.29) is 5.54 Å². The summed E-state index contributed by atoms with van der Waals surface area (Å²) in [5, 5.41) is 3.47. The highest BCUT2D eigenvalue weighted by molar-refractivity contribution is 5.18. The van der Waals surface area contributed by atoms with E-state index in [2.05, 4.69) is 10.2 Å². The molecule has 1 heterocycles. The molecule has 2 aliphatic rings. The molecule has 19 heavy (non-hydrogen) atoms. The van der Waals surface area contributed by atoms with Crippen molar-refractivity contribution in [2.45, 2.75) is 37.8 Å². The van der Waals surface area contributed by atoms with Crippen LogP contribution in [-0.4, -0.2) is 30.1 Å². The molecule has 0 bridgehead atoms. The second-order valence-electron chi connectivity index (χ2n) is 5.81. The fourth-order valence-electron chi connectivity index (χ4n) is 3.58. The van der Waals surface area contributed by atoms with Crippen molar-refractivity contribution >= 4 is 0 Å². The maximum Gasteiger partial charge on any atom is 0.126 e. The van der Waals surface area contributed by atoms with Gasteiger partial charge in [-0.3, -0.25) is 4.90 Å². The van der Waals surface area contributed by atoms with Crippen LogP contribution >= 0.6 is 0 Å². The Morgan fingerprint density at radius 1 is 1.11 bits per heavy atom. The summed E-state index contributed by atoms with van der Waals surface area (Å²) in [4.78, 5) is 2.42. The van der Waals surface area contributed by atoms with E-state index in [0.717, 1.165) is 31.3 Å². The molecule has 0 aromatic heterocycles. The summed E-state index contributed by atoms with van der Waals surface area (Å²) in [6, 6.07) is 3.84. The molecule has 1 aromatic rings. The molecule has 104 valence electrons. The van der Waals surface area contributed by atoms with Crippen molar-refractivity contribution in [1.82, 2.24) is 10.2 Å². The molecular formula is C15H20F2N2. The quantitative estimate of drug-likeness (QED) is 0.885. The maximum atomic E-state index is 13.3. The monoisotopic (exact) mass is 266 g/mol. The van der Waals surface area contributed by atoms with Gasteiger partial charge in [0.1, 0.15) is 11.6 Å². The molecule has 1 aromatic carbocycles. The van der Waals surface area contributed by atoms with E-state index in [0.29, 0.717) is 6.54 Å². The minimum absolute atomic E-state index is 0.209. The third-order valence-corrected chi connectivity index (χ3v) is 4.51. The Kier molecular flexibility index (Phi) is 3.54. The number of benzene rings is 1. The van der Waals surface area contributed by atoms with E-state index < -0.39 is 11.6 Å². The molecule has 1 aliphatic heterocycles. The van der Waals surface area contributed by atoms with Gasteiger partial charge in [-0.05, 0) is 30.5 Å². The first-order valence-corrected chi connectivity index (χ1v) is 7.09. The van der Waals surface area contributed by atoms with Gasteiger partial charge in [-0.25, -0.2) is 8.78 Å². The molecule has 0 atom stereocenters. The summed E-state index contributed by atoms with van der Waals surface area (Å²) in [7, 11) is 0. The van der Waals surface area contributed by atoms with Gasteiger partial charge in [-0.2, -0.15) is 0 Å². The van der Waals surface area contributed by atoms with Crippen molar-refractivity contribution in [1.29, 1.82) is 0 Å². The first-order chi connectivity index (χ1) is 9.18. The lowest BCUT2D eigenvalue weighted by atomic mass is 9.92. The fourth-order valence-corrected chi connectivity index (χ4v) is 3.58. The van der Waals surface area contributed by atoms with E-state index in [1.165, 1.54) is 37.8 Å². The van der Waals surface area contributed by atoms with Crippen LogP contribution in [0.4, 0.5) is 8.78 Å². The summed E-state index contributed by atoms with van der Waals surface area (Å²) in [5.41, 5.74) is 0.951. The molecule has 4 heteroatoms. The lowest BCUT2D eigenvalue weighted by Gasteiger charge is -2.45. The van der Waals surface area contributed by atoms with Crippen molar-refractivity contribution in [2.75, 3.05) is 19.6 Å². The first-order valence-electron chi connectivity index (χ1n) is 7.09. The highest BCUT2D eigenvalue weighted by Gasteiger charge is 2.40. The second-order valence-corrected chi connectivity index (χ2v) is 5.81. The Balaban J connectivity index is 1.80. The Morgan fingerprint density at radius 2 is 1.79 bits per heavy atom. The van der Waals surface area contributed by atoms with Crippen LogP contribution in [0.5, 0.6) is 0 Å². The van der Waals surface area contributed by atoms with Crippen LogP contribution < -0.4 is 5.32 Å². The number of piperazine rings is 1. The molecule has 2 nitrogen and oxygen atoms in total. The summed E-state index contributed by atoms with van der Waals surface area (Å²) in [6.45, 7) is 3.57. The molecule has 1 N–H and O–H groups in total. The van der Waals surface area contributed by atoms with Gasteiger partial charge in [-0.1, -0.05) is 12.8 Å². The van der Waals surface area contributed by atoms with E-state index in [1.54, 1.807) is 0 Å². The first kappa shape index (κ1) is 13.0. The number of hydrogen-bond acceptors (Lipinski definition) is 2. The van der Waals surface area contributed by atoms with Crippen molar-refractivity contribution in [3.05, 3.63) is 35.4 Å². The highest BCUT2D eigenvalue weighted by Crippen LogP contribution is 2.37. The average molecular weight is 266 g/mol. The summed E-state index contributed by atoms with van der Waals surface area (Å²) in [6.07, 6.45) is 4.90. The van der Waals surface area contributed by atoms with Crippen molar-refractivity contribution in [3.8, 4) is 0 Å². The van der Waals surface area contributed by atoms with E-state index in [9.17, 15) is 8.78 Å². The van der Waals surface area contributed by atoms with Gasteiger partial charge in [0, 0.05) is 37.8 Å². The third kappa shape index (κ3) is 2.65. The minimum atomic E-state index is -0.481. The SMILES string of the molecule is Fc1cc(F)cc(CN2CCNCC23CCCC3)c1. The Morgan fingerprint density at radius 3 is 2.47 bits per heavy atom. The zero-order chi connectivity index (χ0) is 13.3. The van der Waals surface area contributed by atoms with Gasteiger partial charge in [0.25, 0.3) is 0 Å². The number of hydrogen-bond donors (Lipinski definition) is 1. The zero-order valence-electron chi connectivity index (χ0n) is 11.1. The highest BCUT2D eigenvalue weighted by atomic mass is 19.1.